The number of anilines is 1. The second kappa shape index (κ2) is 10.5. The fourth-order valence-corrected chi connectivity index (χ4v) is 2.61. The predicted molar refractivity (Wildman–Crippen MR) is 114 cm³/mol. The maximum atomic E-state index is 12.3. The lowest BCUT2D eigenvalue weighted by Crippen LogP contribution is -2.16. The van der Waals surface area contributed by atoms with Crippen LogP contribution in [0.5, 0.6) is 11.5 Å². The van der Waals surface area contributed by atoms with Crippen LogP contribution in [-0.2, 0) is 17.9 Å². The number of hydrogen-bond acceptors (Lipinski definition) is 5. The molecular weight excluding hydrogens is 378 g/mol. The van der Waals surface area contributed by atoms with Crippen molar-refractivity contribution in [1.82, 2.24) is 5.32 Å². The van der Waals surface area contributed by atoms with Gasteiger partial charge in [-0.25, -0.2) is 0 Å². The number of ether oxygens (including phenoxy) is 1. The van der Waals surface area contributed by atoms with Crippen molar-refractivity contribution in [2.45, 2.75) is 13.2 Å². The van der Waals surface area contributed by atoms with Gasteiger partial charge in [0.25, 0.3) is 5.91 Å². The van der Waals surface area contributed by atoms with E-state index in [9.17, 15) is 10.1 Å². The fraction of sp³-hybridized carbons (Fsp3) is 0.0833. The van der Waals surface area contributed by atoms with Crippen molar-refractivity contribution in [3.8, 4) is 17.6 Å². The monoisotopic (exact) mass is 399 g/mol. The topological polar surface area (TPSA) is 94.4 Å². The van der Waals surface area contributed by atoms with E-state index in [1.54, 1.807) is 24.3 Å². The van der Waals surface area contributed by atoms with Gasteiger partial charge in [-0.1, -0.05) is 42.5 Å². The molecular formula is C24H21N3O3. The van der Waals surface area contributed by atoms with Crippen LogP contribution in [0.25, 0.3) is 0 Å². The maximum Gasteiger partial charge on any atom is 0.267 e. The number of benzene rings is 3. The Morgan fingerprint density at radius 1 is 0.933 bits per heavy atom. The number of aliphatic hydroxyl groups is 1. The third-order valence-corrected chi connectivity index (χ3v) is 4.21. The third kappa shape index (κ3) is 5.96. The minimum Gasteiger partial charge on any atom is -0.457 e. The number of rotatable bonds is 8. The molecule has 6 heteroatoms. The van der Waals surface area contributed by atoms with Crippen LogP contribution in [0.1, 0.15) is 11.1 Å². The van der Waals surface area contributed by atoms with E-state index in [4.69, 9.17) is 9.84 Å². The lowest BCUT2D eigenvalue weighted by atomic mass is 10.1. The molecule has 3 rings (SSSR count). The smallest absolute Gasteiger partial charge is 0.267 e. The van der Waals surface area contributed by atoms with Crippen LogP contribution in [0, 0.1) is 11.3 Å². The van der Waals surface area contributed by atoms with Crippen molar-refractivity contribution < 1.29 is 14.6 Å². The van der Waals surface area contributed by atoms with Crippen molar-refractivity contribution in [1.29, 1.82) is 5.26 Å². The predicted octanol–water partition coefficient (Wildman–Crippen LogP) is 4.11. The zero-order chi connectivity index (χ0) is 21.2. The summed E-state index contributed by atoms with van der Waals surface area (Å²) in [6.45, 7) is 0.446. The molecule has 3 aromatic rings. The van der Waals surface area contributed by atoms with E-state index in [1.807, 2.05) is 60.7 Å². The highest BCUT2D eigenvalue weighted by Crippen LogP contribution is 2.22. The van der Waals surface area contributed by atoms with Crippen molar-refractivity contribution in [3.63, 3.8) is 0 Å². The van der Waals surface area contributed by atoms with Gasteiger partial charge in [-0.05, 0) is 47.5 Å². The van der Waals surface area contributed by atoms with Gasteiger partial charge >= 0.3 is 0 Å². The zero-order valence-electron chi connectivity index (χ0n) is 16.2. The van der Waals surface area contributed by atoms with Crippen molar-refractivity contribution in [3.05, 3.63) is 102 Å². The summed E-state index contributed by atoms with van der Waals surface area (Å²) >= 11 is 0. The van der Waals surface area contributed by atoms with E-state index < -0.39 is 5.91 Å². The minimum absolute atomic E-state index is 0.00821. The minimum atomic E-state index is -0.502. The van der Waals surface area contributed by atoms with Crippen LogP contribution < -0.4 is 15.4 Å². The van der Waals surface area contributed by atoms with Gasteiger partial charge in [-0.3, -0.25) is 4.79 Å². The van der Waals surface area contributed by atoms with Crippen molar-refractivity contribution in [2.24, 2.45) is 0 Å². The molecule has 0 aliphatic rings. The number of carbonyl (C=O) groups is 1. The molecule has 150 valence electrons. The molecule has 0 bridgehead atoms. The Morgan fingerprint density at radius 3 is 2.20 bits per heavy atom. The first-order chi connectivity index (χ1) is 14.7. The summed E-state index contributed by atoms with van der Waals surface area (Å²) in [6, 6.07) is 25.6. The van der Waals surface area contributed by atoms with Crippen LogP contribution in [-0.4, -0.2) is 11.0 Å². The summed E-state index contributed by atoms with van der Waals surface area (Å²) in [6.07, 6.45) is 1.39. The summed E-state index contributed by atoms with van der Waals surface area (Å²) in [4.78, 5) is 12.3. The van der Waals surface area contributed by atoms with Gasteiger partial charge in [0, 0.05) is 18.4 Å². The molecule has 0 aromatic heterocycles. The molecule has 0 aliphatic heterocycles. The lowest BCUT2D eigenvalue weighted by molar-refractivity contribution is -0.112. The van der Waals surface area contributed by atoms with Crippen molar-refractivity contribution >= 4 is 11.6 Å². The average Bonchev–Trinajstić information content (AvgIpc) is 2.79. The molecule has 0 fully saturated rings. The Labute approximate surface area is 175 Å². The number of nitrogens with one attached hydrogen (secondary N) is 2. The number of carbonyl (C=O) groups excluding carboxylic acids is 1. The highest BCUT2D eigenvalue weighted by Gasteiger charge is 2.09. The first kappa shape index (κ1) is 20.6. The van der Waals surface area contributed by atoms with Crippen LogP contribution in [0.15, 0.2) is 90.6 Å². The first-order valence-corrected chi connectivity index (χ1v) is 9.34. The molecule has 6 nitrogen and oxygen atoms in total. The quantitative estimate of drug-likeness (QED) is 0.391. The number of hydrogen-bond donors (Lipinski definition) is 3. The van der Waals surface area contributed by atoms with Crippen LogP contribution in [0.3, 0.4) is 0 Å². The van der Waals surface area contributed by atoms with Crippen molar-refractivity contribution in [2.75, 3.05) is 5.32 Å². The SMILES string of the molecule is N#C/C(=C/NCc1ccc(CO)cc1)C(=O)Nc1ccc(Oc2ccccc2)cc1. The highest BCUT2D eigenvalue weighted by molar-refractivity contribution is 6.06. The molecule has 0 heterocycles. The molecule has 0 aliphatic carbocycles. The second-order valence-corrected chi connectivity index (χ2v) is 6.42. The van der Waals surface area contributed by atoms with Gasteiger partial charge < -0.3 is 20.5 Å². The number of para-hydroxylation sites is 1. The van der Waals surface area contributed by atoms with E-state index in [0.717, 1.165) is 16.9 Å². The van der Waals surface area contributed by atoms with E-state index >= 15 is 0 Å². The van der Waals surface area contributed by atoms with Gasteiger partial charge in [-0.2, -0.15) is 5.26 Å². The summed E-state index contributed by atoms with van der Waals surface area (Å²) in [5.74, 6) is 0.863. The molecule has 1 amide bonds. The summed E-state index contributed by atoms with van der Waals surface area (Å²) < 4.78 is 5.72. The van der Waals surface area contributed by atoms with E-state index in [2.05, 4.69) is 10.6 Å². The molecule has 0 radical (unpaired) electrons. The molecule has 0 atom stereocenters. The molecule has 0 spiro atoms. The third-order valence-electron chi connectivity index (χ3n) is 4.21. The summed E-state index contributed by atoms with van der Waals surface area (Å²) in [7, 11) is 0. The van der Waals surface area contributed by atoms with Crippen LogP contribution >= 0.6 is 0 Å². The van der Waals surface area contributed by atoms with Gasteiger partial charge in [0.15, 0.2) is 0 Å². The van der Waals surface area contributed by atoms with Gasteiger partial charge in [0.05, 0.1) is 6.61 Å². The lowest BCUT2D eigenvalue weighted by Gasteiger charge is -2.08. The number of nitriles is 1. The summed E-state index contributed by atoms with van der Waals surface area (Å²) in [5.41, 5.74) is 2.31. The standard InChI is InChI=1S/C24H21N3O3/c25-14-20(16-26-15-18-6-8-19(17-28)9-7-18)24(29)27-21-10-12-23(13-11-21)30-22-4-2-1-3-5-22/h1-13,16,26,28H,15,17H2,(H,27,29)/b20-16-. The molecule has 0 unspecified atom stereocenters. The first-order valence-electron chi connectivity index (χ1n) is 9.34. The Morgan fingerprint density at radius 2 is 1.57 bits per heavy atom. The Bertz CT molecular complexity index is 1040. The van der Waals surface area contributed by atoms with Gasteiger partial charge in [-0.15, -0.1) is 0 Å². The number of amides is 1. The van der Waals surface area contributed by atoms with E-state index in [0.29, 0.717) is 18.0 Å². The number of nitrogens with zero attached hydrogens (tertiary/aromatic N) is 1. The Kier molecular flexibility index (Phi) is 7.20. The fourth-order valence-electron chi connectivity index (χ4n) is 2.61. The van der Waals surface area contributed by atoms with Gasteiger partial charge in [0.2, 0.25) is 0 Å². The number of aliphatic hydroxyl groups excluding tert-OH is 1. The molecule has 0 saturated heterocycles. The van der Waals surface area contributed by atoms with Crippen LogP contribution in [0.4, 0.5) is 5.69 Å². The van der Waals surface area contributed by atoms with Crippen LogP contribution in [0.2, 0.25) is 0 Å². The second-order valence-electron chi connectivity index (χ2n) is 6.42. The highest BCUT2D eigenvalue weighted by atomic mass is 16.5. The Balaban J connectivity index is 1.54. The van der Waals surface area contributed by atoms with E-state index in [-0.39, 0.29) is 12.2 Å². The zero-order valence-corrected chi connectivity index (χ0v) is 16.2. The Hall–Kier alpha value is -4.08. The summed E-state index contributed by atoms with van der Waals surface area (Å²) in [5, 5.41) is 24.0. The molecule has 30 heavy (non-hydrogen) atoms. The molecule has 0 saturated carbocycles. The average molecular weight is 399 g/mol. The van der Waals surface area contributed by atoms with E-state index in [1.165, 1.54) is 6.20 Å². The maximum absolute atomic E-state index is 12.3. The normalized spacial score (nSPS) is 10.7. The molecule has 3 aromatic carbocycles. The largest absolute Gasteiger partial charge is 0.457 e. The van der Waals surface area contributed by atoms with Gasteiger partial charge in [0.1, 0.15) is 23.1 Å². The molecule has 3 N–H and O–H groups in total.